The molecule has 0 saturated carbocycles. The van der Waals surface area contributed by atoms with Crippen LogP contribution < -0.4 is 4.90 Å². The predicted octanol–water partition coefficient (Wildman–Crippen LogP) is 5.04. The first-order chi connectivity index (χ1) is 11.2. The van der Waals surface area contributed by atoms with Crippen LogP contribution in [0.3, 0.4) is 0 Å². The normalized spacial score (nSPS) is 13.6. The Morgan fingerprint density at radius 1 is 1.39 bits per heavy atom. The molecule has 0 bridgehead atoms. The molecule has 4 rings (SSSR count). The van der Waals surface area contributed by atoms with Crippen LogP contribution in [0.15, 0.2) is 43.1 Å². The summed E-state index contributed by atoms with van der Waals surface area (Å²) in [7, 11) is 0. The number of rotatable bonds is 3. The number of hydrogen-bond acceptors (Lipinski definition) is 2. The molecule has 0 saturated heterocycles. The van der Waals surface area contributed by atoms with Crippen LogP contribution in [0.2, 0.25) is 5.02 Å². The Hall–Kier alpha value is -1.53. The standard InChI is InChI=1S/C18H15ClIN3/c1-2-8-23-9-6-11-3-4-12(10-14(11)23)15-16-13(19)5-7-21-18(16)22-17(15)20/h2-5,7,10H,1,6,8-9H2,(H,21,22). The van der Waals surface area contributed by atoms with Crippen LogP contribution in [0, 0.1) is 3.70 Å². The summed E-state index contributed by atoms with van der Waals surface area (Å²) in [6.45, 7) is 5.79. The highest BCUT2D eigenvalue weighted by molar-refractivity contribution is 14.1. The van der Waals surface area contributed by atoms with Crippen molar-refractivity contribution < 1.29 is 0 Å². The van der Waals surface area contributed by atoms with Crippen molar-refractivity contribution in [1.82, 2.24) is 9.97 Å². The van der Waals surface area contributed by atoms with Gasteiger partial charge >= 0.3 is 0 Å². The van der Waals surface area contributed by atoms with Crippen molar-refractivity contribution in [2.45, 2.75) is 6.42 Å². The lowest BCUT2D eigenvalue weighted by Crippen LogP contribution is -2.19. The Bertz CT molecular complexity index is 916. The number of aromatic nitrogens is 2. The van der Waals surface area contributed by atoms with Gasteiger partial charge in [-0.15, -0.1) is 6.58 Å². The van der Waals surface area contributed by atoms with Gasteiger partial charge in [0.15, 0.2) is 0 Å². The molecule has 5 heteroatoms. The van der Waals surface area contributed by atoms with Gasteiger partial charge in [-0.05, 0) is 52.3 Å². The number of nitrogens with zero attached hydrogens (tertiary/aromatic N) is 2. The number of halogens is 2. The van der Waals surface area contributed by atoms with E-state index in [-0.39, 0.29) is 0 Å². The Kier molecular flexibility index (Phi) is 3.81. The second-order valence-corrected chi connectivity index (χ2v) is 7.14. The van der Waals surface area contributed by atoms with Crippen molar-refractivity contribution in [1.29, 1.82) is 0 Å². The fraction of sp³-hybridized carbons (Fsp3) is 0.167. The van der Waals surface area contributed by atoms with E-state index in [1.165, 1.54) is 16.8 Å². The average Bonchev–Trinajstić information content (AvgIpc) is 3.09. The van der Waals surface area contributed by atoms with Crippen molar-refractivity contribution in [2.75, 3.05) is 18.0 Å². The van der Waals surface area contributed by atoms with E-state index in [4.69, 9.17) is 11.6 Å². The van der Waals surface area contributed by atoms with Gasteiger partial charge in [0.05, 0.1) is 8.72 Å². The minimum Gasteiger partial charge on any atom is -0.367 e. The topological polar surface area (TPSA) is 31.9 Å². The van der Waals surface area contributed by atoms with Crippen LogP contribution in [0.5, 0.6) is 0 Å². The molecule has 0 unspecified atom stereocenters. The Morgan fingerprint density at radius 2 is 2.26 bits per heavy atom. The van der Waals surface area contributed by atoms with Gasteiger partial charge in [0.25, 0.3) is 0 Å². The highest BCUT2D eigenvalue weighted by Gasteiger charge is 2.21. The maximum absolute atomic E-state index is 6.43. The summed E-state index contributed by atoms with van der Waals surface area (Å²) >= 11 is 8.75. The van der Waals surface area contributed by atoms with Gasteiger partial charge in [-0.2, -0.15) is 0 Å². The van der Waals surface area contributed by atoms with E-state index in [0.717, 1.165) is 44.8 Å². The van der Waals surface area contributed by atoms with Crippen LogP contribution in [-0.4, -0.2) is 23.1 Å². The lowest BCUT2D eigenvalue weighted by atomic mass is 10.0. The summed E-state index contributed by atoms with van der Waals surface area (Å²) in [6.07, 6.45) is 4.78. The molecule has 116 valence electrons. The molecule has 3 nitrogen and oxygen atoms in total. The van der Waals surface area contributed by atoms with E-state index in [1.54, 1.807) is 6.20 Å². The summed E-state index contributed by atoms with van der Waals surface area (Å²) in [6, 6.07) is 8.52. The van der Waals surface area contributed by atoms with Crippen LogP contribution >= 0.6 is 34.2 Å². The summed E-state index contributed by atoms with van der Waals surface area (Å²) in [4.78, 5) is 10.1. The van der Waals surface area contributed by atoms with Gasteiger partial charge in [0, 0.05) is 35.9 Å². The molecule has 0 fully saturated rings. The van der Waals surface area contributed by atoms with Gasteiger partial charge in [0.2, 0.25) is 0 Å². The van der Waals surface area contributed by atoms with Crippen LogP contribution in [0.4, 0.5) is 5.69 Å². The molecule has 1 aromatic carbocycles. The molecule has 0 amide bonds. The van der Waals surface area contributed by atoms with Crippen LogP contribution in [-0.2, 0) is 6.42 Å². The zero-order chi connectivity index (χ0) is 16.0. The maximum atomic E-state index is 6.43. The van der Waals surface area contributed by atoms with Crippen molar-refractivity contribution in [3.63, 3.8) is 0 Å². The first-order valence-electron chi connectivity index (χ1n) is 7.50. The summed E-state index contributed by atoms with van der Waals surface area (Å²) in [5.41, 5.74) is 5.83. The number of fused-ring (bicyclic) bond motifs is 2. The number of aromatic amines is 1. The van der Waals surface area contributed by atoms with Gasteiger partial charge in [-0.25, -0.2) is 4.98 Å². The molecule has 0 aliphatic carbocycles. The largest absolute Gasteiger partial charge is 0.367 e. The highest BCUT2D eigenvalue weighted by Crippen LogP contribution is 2.39. The number of anilines is 1. The number of H-pyrrole nitrogens is 1. The molecule has 2 aromatic heterocycles. The predicted molar refractivity (Wildman–Crippen MR) is 105 cm³/mol. The lowest BCUT2D eigenvalue weighted by Gasteiger charge is -2.17. The highest BCUT2D eigenvalue weighted by atomic mass is 127. The van der Waals surface area contributed by atoms with Gasteiger partial charge in [-0.3, -0.25) is 0 Å². The van der Waals surface area contributed by atoms with E-state index in [0.29, 0.717) is 0 Å². The summed E-state index contributed by atoms with van der Waals surface area (Å²) < 4.78 is 1.06. The molecule has 1 N–H and O–H groups in total. The number of pyridine rings is 1. The molecular formula is C18H15ClIN3. The molecule has 1 aliphatic rings. The van der Waals surface area contributed by atoms with E-state index in [9.17, 15) is 0 Å². The number of hydrogen-bond donors (Lipinski definition) is 1. The van der Waals surface area contributed by atoms with Gasteiger partial charge in [0.1, 0.15) is 5.65 Å². The number of benzene rings is 1. The third kappa shape index (κ3) is 2.44. The molecule has 0 spiro atoms. The Balaban J connectivity index is 1.91. The third-order valence-corrected chi connectivity index (χ3v) is 5.44. The van der Waals surface area contributed by atoms with Gasteiger partial charge in [-0.1, -0.05) is 29.8 Å². The minimum absolute atomic E-state index is 0.729. The first kappa shape index (κ1) is 15.0. The molecule has 3 aromatic rings. The van der Waals surface area contributed by atoms with Crippen molar-refractivity contribution in [3.05, 3.63) is 57.4 Å². The average molecular weight is 436 g/mol. The van der Waals surface area contributed by atoms with Crippen molar-refractivity contribution >= 4 is 50.9 Å². The van der Waals surface area contributed by atoms with E-state index < -0.39 is 0 Å². The molecule has 23 heavy (non-hydrogen) atoms. The summed E-state index contributed by atoms with van der Waals surface area (Å²) in [5.74, 6) is 0. The second kappa shape index (κ2) is 5.83. The zero-order valence-corrected chi connectivity index (χ0v) is 15.4. The quantitative estimate of drug-likeness (QED) is 0.462. The fourth-order valence-electron chi connectivity index (χ4n) is 3.26. The zero-order valence-electron chi connectivity index (χ0n) is 12.4. The second-order valence-electron chi connectivity index (χ2n) is 5.66. The van der Waals surface area contributed by atoms with Crippen molar-refractivity contribution in [2.24, 2.45) is 0 Å². The molecule has 0 radical (unpaired) electrons. The Morgan fingerprint density at radius 3 is 3.09 bits per heavy atom. The van der Waals surface area contributed by atoms with E-state index >= 15 is 0 Å². The SMILES string of the molecule is C=CCN1CCc2ccc(-c3c(I)[nH]c4nccc(Cl)c34)cc21. The summed E-state index contributed by atoms with van der Waals surface area (Å²) in [5, 5.41) is 1.72. The minimum atomic E-state index is 0.729. The first-order valence-corrected chi connectivity index (χ1v) is 8.95. The maximum Gasteiger partial charge on any atom is 0.140 e. The third-order valence-electron chi connectivity index (χ3n) is 4.31. The molecular weight excluding hydrogens is 421 g/mol. The smallest absolute Gasteiger partial charge is 0.140 e. The molecule has 1 aliphatic heterocycles. The number of nitrogens with one attached hydrogen (secondary N) is 1. The van der Waals surface area contributed by atoms with Crippen molar-refractivity contribution in [3.8, 4) is 11.1 Å². The monoisotopic (exact) mass is 435 g/mol. The van der Waals surface area contributed by atoms with Gasteiger partial charge < -0.3 is 9.88 Å². The fourth-order valence-corrected chi connectivity index (χ4v) is 4.34. The Labute approximate surface area is 153 Å². The molecule has 3 heterocycles. The van der Waals surface area contributed by atoms with Crippen LogP contribution in [0.1, 0.15) is 5.56 Å². The van der Waals surface area contributed by atoms with E-state index in [1.807, 2.05) is 12.1 Å². The lowest BCUT2D eigenvalue weighted by molar-refractivity contribution is 0.905. The van der Waals surface area contributed by atoms with E-state index in [2.05, 4.69) is 62.2 Å². The van der Waals surface area contributed by atoms with Crippen LogP contribution in [0.25, 0.3) is 22.2 Å². The molecule has 0 atom stereocenters.